The number of rotatable bonds is 7. The van der Waals surface area contributed by atoms with Crippen molar-refractivity contribution in [2.75, 3.05) is 33.4 Å². The predicted molar refractivity (Wildman–Crippen MR) is 135 cm³/mol. The van der Waals surface area contributed by atoms with Gasteiger partial charge in [-0.25, -0.2) is 13.2 Å². The summed E-state index contributed by atoms with van der Waals surface area (Å²) in [6.45, 7) is 1.78. The lowest BCUT2D eigenvalue weighted by atomic mass is 9.74. The van der Waals surface area contributed by atoms with Crippen molar-refractivity contribution in [3.63, 3.8) is 0 Å². The summed E-state index contributed by atoms with van der Waals surface area (Å²) in [4.78, 5) is 6.41. The highest BCUT2D eigenvalue weighted by Gasteiger charge is 2.35. The van der Waals surface area contributed by atoms with E-state index >= 15 is 4.39 Å². The number of likely N-dealkylation sites (tertiary alicyclic amines) is 1. The lowest BCUT2D eigenvalue weighted by molar-refractivity contribution is 0.0344. The molecule has 0 aliphatic carbocycles. The van der Waals surface area contributed by atoms with Crippen LogP contribution in [0.15, 0.2) is 42.6 Å². The van der Waals surface area contributed by atoms with Gasteiger partial charge in [0.15, 0.2) is 0 Å². The Morgan fingerprint density at radius 1 is 1.19 bits per heavy atom. The summed E-state index contributed by atoms with van der Waals surface area (Å²) in [6, 6.07) is 8.62. The number of aliphatic hydroxyl groups excluding tert-OH is 1. The Balaban J connectivity index is 1.38. The number of halogens is 4. The Morgan fingerprint density at radius 2 is 1.97 bits per heavy atom. The Morgan fingerprint density at radius 3 is 2.67 bits per heavy atom. The highest BCUT2D eigenvalue weighted by Crippen LogP contribution is 2.41. The quantitative estimate of drug-likeness (QED) is 0.386. The van der Waals surface area contributed by atoms with Crippen molar-refractivity contribution in [3.8, 4) is 17.6 Å². The second-order valence-electron chi connectivity index (χ2n) is 9.27. The van der Waals surface area contributed by atoms with E-state index in [-0.39, 0.29) is 29.0 Å². The Hall–Kier alpha value is -2.79. The number of ether oxygens (including phenoxy) is 1. The van der Waals surface area contributed by atoms with Gasteiger partial charge in [0.05, 0.1) is 29.8 Å². The standard InChI is InChI=1S/C28H28ClF3N2O2/c1-36-21-6-7-26-22(16-21)27(23(29)17-33-26)24(31)8-9-28(18-35)10-13-34(14-11-28)12-2-3-19-4-5-20(30)15-25(19)32/h4-7,15-17,24,35H,8-14,18H2,1H3/t24-/m1/s1. The van der Waals surface area contributed by atoms with Gasteiger partial charge < -0.3 is 9.84 Å². The summed E-state index contributed by atoms with van der Waals surface area (Å²) in [7, 11) is 1.55. The van der Waals surface area contributed by atoms with Gasteiger partial charge in [0, 0.05) is 29.8 Å². The van der Waals surface area contributed by atoms with Crippen LogP contribution in [-0.2, 0) is 0 Å². The lowest BCUT2D eigenvalue weighted by Gasteiger charge is -2.40. The van der Waals surface area contributed by atoms with Gasteiger partial charge in [0.1, 0.15) is 23.6 Å². The first-order chi connectivity index (χ1) is 17.3. The molecule has 1 fully saturated rings. The fraction of sp³-hybridized carbons (Fsp3) is 0.393. The molecule has 2 aromatic carbocycles. The summed E-state index contributed by atoms with van der Waals surface area (Å²) < 4.78 is 47.6. The number of hydrogen-bond acceptors (Lipinski definition) is 4. The van der Waals surface area contributed by atoms with Crippen LogP contribution in [0, 0.1) is 28.9 Å². The molecule has 8 heteroatoms. The number of hydrogen-bond donors (Lipinski definition) is 1. The van der Waals surface area contributed by atoms with Crippen LogP contribution in [0.5, 0.6) is 5.75 Å². The van der Waals surface area contributed by atoms with Crippen molar-refractivity contribution in [2.24, 2.45) is 5.41 Å². The maximum Gasteiger partial charge on any atom is 0.141 e. The normalized spacial score (nSPS) is 16.4. The molecular formula is C28H28ClF3N2O2. The molecule has 4 nitrogen and oxygen atoms in total. The van der Waals surface area contributed by atoms with E-state index < -0.39 is 17.8 Å². The van der Waals surface area contributed by atoms with E-state index in [4.69, 9.17) is 16.3 Å². The second kappa shape index (κ2) is 11.5. The van der Waals surface area contributed by atoms with Gasteiger partial charge in [-0.15, -0.1) is 0 Å². The molecule has 0 unspecified atom stereocenters. The minimum absolute atomic E-state index is 0.0291. The van der Waals surface area contributed by atoms with Gasteiger partial charge >= 0.3 is 0 Å². The molecule has 0 bridgehead atoms. The number of alkyl halides is 1. The number of aromatic nitrogens is 1. The maximum absolute atomic E-state index is 15.6. The SMILES string of the molecule is COc1ccc2ncc(Cl)c([C@H](F)CCC3(CO)CCN(CC#Cc4ccc(F)cc4F)CC3)c2c1. The van der Waals surface area contributed by atoms with E-state index in [9.17, 15) is 13.9 Å². The number of fused-ring (bicyclic) bond motifs is 1. The molecule has 4 rings (SSSR count). The summed E-state index contributed by atoms with van der Waals surface area (Å²) in [5.41, 5.74) is 0.815. The van der Waals surface area contributed by atoms with E-state index in [0.717, 1.165) is 6.07 Å². The Bertz CT molecular complexity index is 1280. The summed E-state index contributed by atoms with van der Waals surface area (Å²) >= 11 is 6.36. The highest BCUT2D eigenvalue weighted by molar-refractivity contribution is 6.32. The first-order valence-corrected chi connectivity index (χ1v) is 12.3. The molecule has 1 N–H and O–H groups in total. The van der Waals surface area contributed by atoms with Gasteiger partial charge in [-0.3, -0.25) is 9.88 Å². The molecule has 1 aliphatic rings. The van der Waals surface area contributed by atoms with Crippen LogP contribution in [0.25, 0.3) is 10.9 Å². The average Bonchev–Trinajstić information content (AvgIpc) is 2.89. The third-order valence-electron chi connectivity index (χ3n) is 7.02. The van der Waals surface area contributed by atoms with Gasteiger partial charge in [-0.2, -0.15) is 0 Å². The molecule has 190 valence electrons. The molecule has 0 radical (unpaired) electrons. The van der Waals surface area contributed by atoms with Crippen LogP contribution >= 0.6 is 11.6 Å². The highest BCUT2D eigenvalue weighted by atomic mass is 35.5. The molecule has 0 spiro atoms. The Kier molecular flexibility index (Phi) is 8.40. The molecule has 1 aliphatic heterocycles. The van der Waals surface area contributed by atoms with Crippen molar-refractivity contribution in [1.82, 2.24) is 9.88 Å². The largest absolute Gasteiger partial charge is 0.497 e. The van der Waals surface area contributed by atoms with E-state index in [2.05, 4.69) is 21.7 Å². The van der Waals surface area contributed by atoms with Crippen molar-refractivity contribution < 1.29 is 23.0 Å². The first-order valence-electron chi connectivity index (χ1n) is 11.9. The van der Waals surface area contributed by atoms with Gasteiger partial charge in [0.25, 0.3) is 0 Å². The molecule has 1 atom stereocenters. The minimum Gasteiger partial charge on any atom is -0.497 e. The Labute approximate surface area is 214 Å². The zero-order valence-corrected chi connectivity index (χ0v) is 20.8. The molecule has 0 amide bonds. The van der Waals surface area contributed by atoms with Crippen molar-refractivity contribution in [2.45, 2.75) is 31.9 Å². The van der Waals surface area contributed by atoms with Gasteiger partial charge in [-0.05, 0) is 74.5 Å². The van der Waals surface area contributed by atoms with Gasteiger partial charge in [0.2, 0.25) is 0 Å². The molecule has 36 heavy (non-hydrogen) atoms. The predicted octanol–water partition coefficient (Wildman–Crippen LogP) is 6.09. The number of methoxy groups -OCH3 is 1. The fourth-order valence-electron chi connectivity index (χ4n) is 4.70. The number of nitrogens with zero attached hydrogens (tertiary/aromatic N) is 2. The summed E-state index contributed by atoms with van der Waals surface area (Å²) in [5, 5.41) is 11.1. The lowest BCUT2D eigenvalue weighted by Crippen LogP contribution is -2.42. The molecule has 2 heterocycles. The van der Waals surface area contributed by atoms with Crippen LogP contribution in [0.3, 0.4) is 0 Å². The molecule has 1 saturated heterocycles. The van der Waals surface area contributed by atoms with Gasteiger partial charge in [-0.1, -0.05) is 23.4 Å². The summed E-state index contributed by atoms with van der Waals surface area (Å²) in [6.07, 6.45) is 2.28. The van der Waals surface area contributed by atoms with Crippen LogP contribution in [0.4, 0.5) is 13.2 Å². The van der Waals surface area contributed by atoms with Crippen molar-refractivity contribution in [3.05, 3.63) is 70.4 Å². The average molecular weight is 517 g/mol. The zero-order valence-electron chi connectivity index (χ0n) is 20.0. The number of aliphatic hydroxyl groups is 1. The maximum atomic E-state index is 15.6. The van der Waals surface area contributed by atoms with Crippen LogP contribution < -0.4 is 4.74 Å². The molecule has 0 saturated carbocycles. The smallest absolute Gasteiger partial charge is 0.141 e. The van der Waals surface area contributed by atoms with E-state index in [1.165, 1.54) is 18.3 Å². The number of piperidine rings is 1. The van der Waals surface area contributed by atoms with E-state index in [0.29, 0.717) is 61.1 Å². The van der Waals surface area contributed by atoms with Crippen molar-refractivity contribution in [1.29, 1.82) is 0 Å². The topological polar surface area (TPSA) is 45.6 Å². The minimum atomic E-state index is -1.31. The van der Waals surface area contributed by atoms with Crippen LogP contribution in [-0.4, -0.2) is 48.3 Å². The third kappa shape index (κ3) is 5.95. The number of pyridine rings is 1. The first kappa shape index (κ1) is 26.3. The zero-order chi connectivity index (χ0) is 25.7. The third-order valence-corrected chi connectivity index (χ3v) is 7.32. The molecular weight excluding hydrogens is 489 g/mol. The molecule has 3 aromatic rings. The monoisotopic (exact) mass is 516 g/mol. The number of benzene rings is 2. The fourth-order valence-corrected chi connectivity index (χ4v) is 4.97. The van der Waals surface area contributed by atoms with Crippen LogP contribution in [0.2, 0.25) is 5.02 Å². The second-order valence-corrected chi connectivity index (χ2v) is 9.68. The van der Waals surface area contributed by atoms with Crippen LogP contribution in [0.1, 0.15) is 43.0 Å². The summed E-state index contributed by atoms with van der Waals surface area (Å²) in [5.74, 6) is 4.98. The van der Waals surface area contributed by atoms with E-state index in [1.54, 1.807) is 25.3 Å². The van der Waals surface area contributed by atoms with E-state index in [1.807, 2.05) is 0 Å². The molecule has 1 aromatic heterocycles. The van der Waals surface area contributed by atoms with Crippen molar-refractivity contribution >= 4 is 22.5 Å².